The Balaban J connectivity index is 0.000000491. The molecule has 2 aromatic rings. The lowest BCUT2D eigenvalue weighted by Gasteiger charge is -2.06. The second-order valence-corrected chi connectivity index (χ2v) is 4.34. The predicted octanol–water partition coefficient (Wildman–Crippen LogP) is -0.0320. The zero-order chi connectivity index (χ0) is 15.8. The van der Waals surface area contributed by atoms with Gasteiger partial charge < -0.3 is 26.8 Å². The van der Waals surface area contributed by atoms with E-state index < -0.39 is 0 Å². The first-order valence-corrected chi connectivity index (χ1v) is 6.24. The molecule has 0 saturated heterocycles. The van der Waals surface area contributed by atoms with Crippen LogP contribution in [0.25, 0.3) is 0 Å². The number of carbonyl (C=O) groups is 1. The number of primary amides is 1. The number of phenolic OH excluding ortho intramolecular Hbond substituents is 1. The van der Waals surface area contributed by atoms with Gasteiger partial charge in [-0.1, -0.05) is 17.3 Å². The maximum atomic E-state index is 9.22. The Kier molecular flexibility index (Phi) is 6.31. The van der Waals surface area contributed by atoms with Crippen molar-refractivity contribution >= 4 is 5.91 Å². The highest BCUT2D eigenvalue weighted by molar-refractivity contribution is 5.70. The zero-order valence-electron chi connectivity index (χ0n) is 11.7. The van der Waals surface area contributed by atoms with Gasteiger partial charge in [-0.3, -0.25) is 4.79 Å². The van der Waals surface area contributed by atoms with Gasteiger partial charge in [-0.25, -0.2) is 0 Å². The number of hydrogen-bond acceptors (Lipinski definition) is 7. The number of aromatic nitrogens is 2. The fourth-order valence-corrected chi connectivity index (χ4v) is 1.48. The summed E-state index contributed by atoms with van der Waals surface area (Å²) in [5.41, 5.74) is 16.8. The molecular formula is C13H19N5O3. The zero-order valence-corrected chi connectivity index (χ0v) is 11.7. The van der Waals surface area contributed by atoms with E-state index in [1.165, 1.54) is 6.92 Å². The SMILES string of the molecule is CC(N)=O.NCc1nc([C@@H](N)Cc2ccc(O)cc2)no1. The molecule has 2 rings (SSSR count). The van der Waals surface area contributed by atoms with Crippen molar-refractivity contribution in [3.8, 4) is 5.75 Å². The molecule has 0 aliphatic rings. The van der Waals surface area contributed by atoms with Crippen LogP contribution in [-0.4, -0.2) is 21.2 Å². The maximum Gasteiger partial charge on any atom is 0.240 e. The van der Waals surface area contributed by atoms with E-state index in [1.807, 2.05) is 0 Å². The molecule has 8 heteroatoms. The Bertz CT molecular complexity index is 563. The molecule has 0 aliphatic carbocycles. The molecule has 0 saturated carbocycles. The molecule has 0 aliphatic heterocycles. The van der Waals surface area contributed by atoms with Gasteiger partial charge in [0.15, 0.2) is 5.82 Å². The lowest BCUT2D eigenvalue weighted by molar-refractivity contribution is -0.115. The number of carbonyl (C=O) groups excluding carboxylic acids is 1. The summed E-state index contributed by atoms with van der Waals surface area (Å²) in [6, 6.07) is 6.49. The Labute approximate surface area is 121 Å². The smallest absolute Gasteiger partial charge is 0.240 e. The summed E-state index contributed by atoms with van der Waals surface area (Å²) in [5.74, 6) is 0.715. The second kappa shape index (κ2) is 7.98. The van der Waals surface area contributed by atoms with Crippen LogP contribution in [0.1, 0.15) is 30.2 Å². The van der Waals surface area contributed by atoms with Gasteiger partial charge in [0.1, 0.15) is 5.75 Å². The van der Waals surface area contributed by atoms with Crippen LogP contribution in [0.2, 0.25) is 0 Å². The summed E-state index contributed by atoms with van der Waals surface area (Å²) < 4.78 is 4.89. The van der Waals surface area contributed by atoms with E-state index >= 15 is 0 Å². The van der Waals surface area contributed by atoms with Crippen LogP contribution < -0.4 is 17.2 Å². The molecule has 21 heavy (non-hydrogen) atoms. The van der Waals surface area contributed by atoms with Crippen molar-refractivity contribution in [2.75, 3.05) is 0 Å². The molecule has 1 aromatic carbocycles. The van der Waals surface area contributed by atoms with Crippen LogP contribution in [-0.2, 0) is 17.8 Å². The summed E-state index contributed by atoms with van der Waals surface area (Å²) in [6.07, 6.45) is 0.573. The third-order valence-electron chi connectivity index (χ3n) is 2.38. The van der Waals surface area contributed by atoms with Crippen LogP contribution in [0.4, 0.5) is 0 Å². The number of nitrogens with two attached hydrogens (primary N) is 3. The normalized spacial score (nSPS) is 11.4. The van der Waals surface area contributed by atoms with E-state index in [0.717, 1.165) is 5.56 Å². The Morgan fingerprint density at radius 1 is 1.38 bits per heavy atom. The van der Waals surface area contributed by atoms with Crippen molar-refractivity contribution in [3.63, 3.8) is 0 Å². The minimum absolute atomic E-state index is 0.207. The van der Waals surface area contributed by atoms with Gasteiger partial charge >= 0.3 is 0 Å². The van der Waals surface area contributed by atoms with Crippen LogP contribution in [0.3, 0.4) is 0 Å². The number of rotatable bonds is 4. The highest BCUT2D eigenvalue weighted by Crippen LogP contribution is 2.16. The van der Waals surface area contributed by atoms with Crippen molar-refractivity contribution in [1.29, 1.82) is 0 Å². The molecule has 0 fully saturated rings. The molecular weight excluding hydrogens is 274 g/mol. The average molecular weight is 293 g/mol. The standard InChI is InChI=1S/C11H14N4O2.C2H5NO/c12-6-10-14-11(15-17-10)9(13)5-7-1-3-8(16)4-2-7;1-2(3)4/h1-4,9,16H,5-6,12-13H2;1H3,(H2,3,4)/t9-;/m0./s1. The average Bonchev–Trinajstić information content (AvgIpc) is 2.89. The van der Waals surface area contributed by atoms with Gasteiger partial charge in [0.25, 0.3) is 0 Å². The topological polar surface area (TPSA) is 154 Å². The third kappa shape index (κ3) is 6.02. The number of phenols is 1. The van der Waals surface area contributed by atoms with E-state index in [1.54, 1.807) is 24.3 Å². The number of benzene rings is 1. The van der Waals surface area contributed by atoms with E-state index in [0.29, 0.717) is 18.1 Å². The Morgan fingerprint density at radius 3 is 2.43 bits per heavy atom. The van der Waals surface area contributed by atoms with Crippen molar-refractivity contribution in [3.05, 3.63) is 41.5 Å². The molecule has 1 aromatic heterocycles. The van der Waals surface area contributed by atoms with Crippen LogP contribution in [0, 0.1) is 0 Å². The summed E-state index contributed by atoms with van der Waals surface area (Å²) in [5, 5.41) is 12.9. The number of hydrogen-bond donors (Lipinski definition) is 4. The number of nitrogens with zero attached hydrogens (tertiary/aromatic N) is 2. The van der Waals surface area contributed by atoms with Crippen molar-refractivity contribution in [1.82, 2.24) is 10.1 Å². The van der Waals surface area contributed by atoms with Crippen LogP contribution in [0.15, 0.2) is 28.8 Å². The molecule has 1 atom stereocenters. The number of aromatic hydroxyl groups is 1. The van der Waals surface area contributed by atoms with Crippen LogP contribution >= 0.6 is 0 Å². The minimum Gasteiger partial charge on any atom is -0.508 e. The first kappa shape index (κ1) is 16.6. The van der Waals surface area contributed by atoms with Gasteiger partial charge in [-0.2, -0.15) is 4.98 Å². The van der Waals surface area contributed by atoms with Gasteiger partial charge in [-0.05, 0) is 24.1 Å². The summed E-state index contributed by atoms with van der Waals surface area (Å²) in [6.45, 7) is 1.51. The van der Waals surface area contributed by atoms with E-state index in [-0.39, 0.29) is 24.2 Å². The summed E-state index contributed by atoms with van der Waals surface area (Å²) in [4.78, 5) is 13.3. The predicted molar refractivity (Wildman–Crippen MR) is 75.8 cm³/mol. The molecule has 1 amide bonds. The van der Waals surface area contributed by atoms with Crippen molar-refractivity contribution in [2.45, 2.75) is 25.9 Å². The molecule has 1 heterocycles. The minimum atomic E-state index is -0.344. The molecule has 0 unspecified atom stereocenters. The van der Waals surface area contributed by atoms with Gasteiger partial charge in [0, 0.05) is 6.92 Å². The largest absolute Gasteiger partial charge is 0.508 e. The van der Waals surface area contributed by atoms with Crippen molar-refractivity contribution < 1.29 is 14.4 Å². The lowest BCUT2D eigenvalue weighted by atomic mass is 10.1. The van der Waals surface area contributed by atoms with Crippen LogP contribution in [0.5, 0.6) is 5.75 Å². The Morgan fingerprint density at radius 2 is 1.95 bits per heavy atom. The molecule has 0 spiro atoms. The van der Waals surface area contributed by atoms with Crippen molar-refractivity contribution in [2.24, 2.45) is 17.2 Å². The van der Waals surface area contributed by atoms with E-state index in [2.05, 4.69) is 15.9 Å². The Hall–Kier alpha value is -2.45. The van der Waals surface area contributed by atoms with E-state index in [9.17, 15) is 4.79 Å². The highest BCUT2D eigenvalue weighted by Gasteiger charge is 2.14. The quantitative estimate of drug-likeness (QED) is 0.616. The van der Waals surface area contributed by atoms with E-state index in [4.69, 9.17) is 21.1 Å². The third-order valence-corrected chi connectivity index (χ3v) is 2.38. The molecule has 8 nitrogen and oxygen atoms in total. The second-order valence-electron chi connectivity index (χ2n) is 4.34. The monoisotopic (exact) mass is 293 g/mol. The molecule has 7 N–H and O–H groups in total. The molecule has 114 valence electrons. The maximum absolute atomic E-state index is 9.22. The van der Waals surface area contributed by atoms with Gasteiger partial charge in [0.05, 0.1) is 12.6 Å². The lowest BCUT2D eigenvalue weighted by Crippen LogP contribution is -2.15. The number of amides is 1. The fourth-order valence-electron chi connectivity index (χ4n) is 1.48. The van der Waals surface area contributed by atoms with Gasteiger partial charge in [0.2, 0.25) is 11.8 Å². The first-order chi connectivity index (χ1) is 9.92. The van der Waals surface area contributed by atoms with Gasteiger partial charge in [-0.15, -0.1) is 0 Å². The fraction of sp³-hybridized carbons (Fsp3) is 0.308. The molecule has 0 bridgehead atoms. The first-order valence-electron chi connectivity index (χ1n) is 6.24. The summed E-state index contributed by atoms with van der Waals surface area (Å²) in [7, 11) is 0. The highest BCUT2D eigenvalue weighted by atomic mass is 16.5. The summed E-state index contributed by atoms with van der Waals surface area (Å²) >= 11 is 0. The molecule has 0 radical (unpaired) electrons.